The van der Waals surface area contributed by atoms with Gasteiger partial charge in [0.05, 0.1) is 25.4 Å². The Kier molecular flexibility index (Phi) is 17.6. The summed E-state index contributed by atoms with van der Waals surface area (Å²) in [5.41, 5.74) is -0.640. The van der Waals surface area contributed by atoms with Crippen molar-refractivity contribution in [3.63, 3.8) is 0 Å². The van der Waals surface area contributed by atoms with E-state index in [4.69, 9.17) is 14.2 Å². The second kappa shape index (κ2) is 21.8. The van der Waals surface area contributed by atoms with Crippen molar-refractivity contribution in [3.8, 4) is 0 Å². The first-order chi connectivity index (χ1) is 30.8. The van der Waals surface area contributed by atoms with Crippen LogP contribution in [0.3, 0.4) is 0 Å². The normalized spacial score (nSPS) is 39.7. The molecule has 0 radical (unpaired) electrons. The summed E-state index contributed by atoms with van der Waals surface area (Å²) in [6.07, 6.45) is 13.0. The van der Waals surface area contributed by atoms with Crippen LogP contribution in [0.5, 0.6) is 0 Å². The first kappa shape index (κ1) is 52.3. The SMILES string of the molecule is CCC1(O)C2CC3CC1CC(C2)C3COCC(F)(F)SOO[O-].O=C1C2CC3CC(C2)C(COCC(F)(F)SOO[O-])C1C3.O=C1C2CC3CC1CC(COCC(F)(F)SOO[O-])(C3)C2. The van der Waals surface area contributed by atoms with Crippen LogP contribution in [-0.4, -0.2) is 77.7 Å². The Labute approximate surface area is 385 Å². The topological polar surface area (TPSA) is 207 Å². The third kappa shape index (κ3) is 12.5. The molecule has 24 heteroatoms. The van der Waals surface area contributed by atoms with Crippen LogP contribution in [0.2, 0.25) is 0 Å². The maximum atomic E-state index is 13.3. The third-order valence-corrected chi connectivity index (χ3v) is 17.8. The molecule has 0 heterocycles. The van der Waals surface area contributed by atoms with E-state index in [1.165, 1.54) is 0 Å². The number of halogens is 6. The Morgan fingerprint density at radius 1 is 0.585 bits per heavy atom. The first-order valence-corrected chi connectivity index (χ1v) is 24.6. The molecule has 0 aromatic rings. The van der Waals surface area contributed by atoms with Crippen LogP contribution in [0, 0.1) is 82.3 Å². The molecule has 374 valence electrons. The van der Waals surface area contributed by atoms with Crippen LogP contribution in [0.1, 0.15) is 96.8 Å². The van der Waals surface area contributed by atoms with Crippen molar-refractivity contribution in [2.45, 2.75) is 118 Å². The second-order valence-electron chi connectivity index (χ2n) is 20.1. The molecule has 7 atom stereocenters. The second-order valence-corrected chi connectivity index (χ2v) is 22.8. The van der Waals surface area contributed by atoms with E-state index >= 15 is 0 Å². The van der Waals surface area contributed by atoms with Gasteiger partial charge in [-0.05, 0) is 149 Å². The van der Waals surface area contributed by atoms with Gasteiger partial charge < -0.3 is 35.1 Å². The van der Waals surface area contributed by atoms with Gasteiger partial charge in [0.2, 0.25) is 0 Å². The molecular weight excluding hydrogens is 943 g/mol. The number of alkyl halides is 6. The summed E-state index contributed by atoms with van der Waals surface area (Å²) >= 11 is -1.05. The molecule has 0 aliphatic heterocycles. The van der Waals surface area contributed by atoms with Gasteiger partial charge in [-0.2, -0.15) is 39.3 Å². The van der Waals surface area contributed by atoms with Gasteiger partial charge in [0, 0.05) is 23.7 Å². The summed E-state index contributed by atoms with van der Waals surface area (Å²) in [6.45, 7) is 0.245. The Bertz CT molecular complexity index is 1560. The van der Waals surface area contributed by atoms with Crippen molar-refractivity contribution < 1.29 is 99.1 Å². The van der Waals surface area contributed by atoms with Crippen molar-refractivity contribution >= 4 is 47.7 Å². The summed E-state index contributed by atoms with van der Waals surface area (Å²) < 4.78 is 106. The quantitative estimate of drug-likeness (QED) is 0.0582. The third-order valence-electron chi connectivity index (χ3n) is 16.4. The van der Waals surface area contributed by atoms with Gasteiger partial charge in [-0.1, -0.05) is 6.92 Å². The minimum Gasteiger partial charge on any atom is -0.691 e. The van der Waals surface area contributed by atoms with E-state index in [0.717, 1.165) is 89.9 Å². The number of carbonyl (C=O) groups excluding carboxylic acids is 2. The molecule has 1 N–H and O–H groups in total. The molecule has 12 aliphatic rings. The van der Waals surface area contributed by atoms with Crippen molar-refractivity contribution in [1.29, 1.82) is 0 Å². The molecule has 0 aromatic carbocycles. The minimum absolute atomic E-state index is 0.0104. The summed E-state index contributed by atoms with van der Waals surface area (Å²) in [7, 11) is 0. The number of carbonyl (C=O) groups is 2. The highest BCUT2D eigenvalue weighted by atomic mass is 32.2. The summed E-state index contributed by atoms with van der Waals surface area (Å²) in [6, 6.07) is 0. The highest BCUT2D eigenvalue weighted by Crippen LogP contribution is 2.62. The molecule has 12 aliphatic carbocycles. The maximum absolute atomic E-state index is 13.3. The maximum Gasteiger partial charge on any atom is 0.343 e. The van der Waals surface area contributed by atoms with Crippen LogP contribution in [0.25, 0.3) is 0 Å². The van der Waals surface area contributed by atoms with Crippen molar-refractivity contribution in [1.82, 2.24) is 0 Å². The largest absolute Gasteiger partial charge is 0.691 e. The molecule has 0 amide bonds. The van der Waals surface area contributed by atoms with E-state index in [1.807, 2.05) is 0 Å². The highest BCUT2D eigenvalue weighted by Gasteiger charge is 2.59. The van der Waals surface area contributed by atoms with Gasteiger partial charge in [0.1, 0.15) is 67.5 Å². The molecular formula is C41H57F6O15S3-3. The number of ketones is 2. The van der Waals surface area contributed by atoms with Crippen LogP contribution in [-0.2, 0) is 51.9 Å². The minimum atomic E-state index is -3.35. The lowest BCUT2D eigenvalue weighted by Gasteiger charge is -2.61. The lowest BCUT2D eigenvalue weighted by Crippen LogP contribution is -2.60. The smallest absolute Gasteiger partial charge is 0.343 e. The zero-order valence-electron chi connectivity index (χ0n) is 35.8. The molecule has 12 saturated carbocycles. The fraction of sp³-hybridized carbons (Fsp3) is 0.951. The molecule has 12 rings (SSSR count). The average molecular weight is 1000 g/mol. The van der Waals surface area contributed by atoms with Crippen LogP contribution >= 0.6 is 36.1 Å². The molecule has 12 bridgehead atoms. The molecule has 65 heavy (non-hydrogen) atoms. The average Bonchev–Trinajstić information content (AvgIpc) is 3.25. The van der Waals surface area contributed by atoms with Crippen LogP contribution in [0.15, 0.2) is 0 Å². The lowest BCUT2D eigenvalue weighted by atomic mass is 9.46. The molecule has 12 fully saturated rings. The van der Waals surface area contributed by atoms with E-state index in [0.29, 0.717) is 65.5 Å². The predicted octanol–water partition coefficient (Wildman–Crippen LogP) is 5.87. The van der Waals surface area contributed by atoms with Crippen molar-refractivity contribution in [2.24, 2.45) is 82.3 Å². The van der Waals surface area contributed by atoms with E-state index in [-0.39, 0.29) is 84.3 Å². The summed E-state index contributed by atoms with van der Waals surface area (Å²) in [5.74, 6) is 4.64. The number of hydrogen-bond acceptors (Lipinski definition) is 18. The van der Waals surface area contributed by atoms with Gasteiger partial charge in [-0.3, -0.25) is 24.7 Å². The van der Waals surface area contributed by atoms with Gasteiger partial charge in [-0.25, -0.2) is 0 Å². The molecule has 0 saturated heterocycles. The standard InChI is InChI=1S/C15H24F2O5S.2C13H18F2O5S/c1-2-14(18)11-3-9-4-12(14)6-10(5-11)13(9)7-20-8-15(16,17)23-22-21-19;14-13(15,21-20-19-17)7-18-6-12-3-8-1-9(4-12)11(16)10(2-8)5-12;14-13(15,21-20-19-17)6-18-5-11-8-1-7-2-9(4-8)12(16)10(11)3-7/h9-13,18-19H,2-8H2,1H3;8-10,17H,1-7H2;7-11,17H,1-6H2/p-3. The first-order valence-electron chi connectivity index (χ1n) is 22.4. The van der Waals surface area contributed by atoms with Crippen molar-refractivity contribution in [2.75, 3.05) is 39.6 Å². The fourth-order valence-electron chi connectivity index (χ4n) is 14.3. The number of hydrogen-bond donors (Lipinski definition) is 1. The Balaban J connectivity index is 0.000000146. The Morgan fingerprint density at radius 3 is 1.54 bits per heavy atom. The zero-order chi connectivity index (χ0) is 46.8. The van der Waals surface area contributed by atoms with E-state index in [1.54, 1.807) is 0 Å². The summed E-state index contributed by atoms with van der Waals surface area (Å²) in [4.78, 5) is 24.2. The zero-order valence-corrected chi connectivity index (χ0v) is 38.3. The number of aliphatic hydroxyl groups is 1. The lowest BCUT2D eigenvalue weighted by molar-refractivity contribution is -0.777. The monoisotopic (exact) mass is 999 g/mol. The van der Waals surface area contributed by atoms with Gasteiger partial charge in [0.15, 0.2) is 0 Å². The number of rotatable bonds is 22. The van der Waals surface area contributed by atoms with Crippen molar-refractivity contribution in [3.05, 3.63) is 0 Å². The van der Waals surface area contributed by atoms with Gasteiger partial charge in [-0.15, -0.1) is 0 Å². The van der Waals surface area contributed by atoms with Crippen LogP contribution < -0.4 is 15.8 Å². The fourth-order valence-corrected chi connectivity index (χ4v) is 15.1. The van der Waals surface area contributed by atoms with E-state index in [2.05, 4.69) is 35.0 Å². The molecule has 0 spiro atoms. The number of ether oxygens (including phenoxy) is 3. The highest BCUT2D eigenvalue weighted by molar-refractivity contribution is 7.96. The van der Waals surface area contributed by atoms with E-state index < -0.39 is 41.2 Å². The molecule has 15 nitrogen and oxygen atoms in total. The van der Waals surface area contributed by atoms with Crippen LogP contribution in [0.4, 0.5) is 26.3 Å². The van der Waals surface area contributed by atoms with Gasteiger partial charge in [0.25, 0.3) is 0 Å². The Morgan fingerprint density at radius 2 is 1.05 bits per heavy atom. The molecule has 7 unspecified atom stereocenters. The van der Waals surface area contributed by atoms with E-state index in [9.17, 15) is 56.8 Å². The van der Waals surface area contributed by atoms with Gasteiger partial charge >= 0.3 is 15.8 Å². The number of Topliss-reactive ketones (excluding diaryl/α,β-unsaturated/α-hetero) is 2. The predicted molar refractivity (Wildman–Crippen MR) is 210 cm³/mol. The molecule has 0 aromatic heterocycles. The summed E-state index contributed by atoms with van der Waals surface area (Å²) in [5, 5.41) is 38.3. The Hall–Kier alpha value is -0.550.